The first-order valence-electron chi connectivity index (χ1n) is 30.9. The zero-order valence-electron chi connectivity index (χ0n) is 54.3. The van der Waals surface area contributed by atoms with Crippen molar-refractivity contribution in [1.29, 1.82) is 0 Å². The van der Waals surface area contributed by atoms with Crippen molar-refractivity contribution in [3.63, 3.8) is 0 Å². The fourth-order valence-electron chi connectivity index (χ4n) is 9.61. The molecule has 0 saturated heterocycles. The summed E-state index contributed by atoms with van der Waals surface area (Å²) in [6, 6.07) is 73.6. The first-order valence-corrected chi connectivity index (χ1v) is 30.9. The predicted octanol–water partition coefficient (Wildman–Crippen LogP) is 23.4. The molecule has 12 aromatic carbocycles. The second kappa shape index (κ2) is 32.4. The third-order valence-electron chi connectivity index (χ3n) is 15.7. The van der Waals surface area contributed by atoms with Crippen LogP contribution in [0.3, 0.4) is 0 Å². The SMILES string of the molecule is Cc1ccc(-c2ccc(C#Cc3cc(F)c(C)c(F)c3)c(F)c2)cc1.Cc1ccc(-c2ccc(C#Cc3cc(F)c(C)c(F)c3)cc2)cc1.Cc1ccc(-c2ccc(C=Cc3cc(F)c(C)c(F)c3)cc2)cc1.Cc1ccc(C#Cc2ccc(-c3ccc(C)cc3F)cc2)cc1. The fraction of sp³-hybridized carbons (Fsp3) is 0.0909. The normalized spacial score (nSPS) is 10.4. The topological polar surface area (TPSA) is 0 Å². The average molecular weight is 1280 g/mol. The maximum absolute atomic E-state index is 14.3. The van der Waals surface area contributed by atoms with Crippen molar-refractivity contribution < 1.29 is 35.1 Å². The van der Waals surface area contributed by atoms with E-state index in [2.05, 4.69) is 105 Å². The van der Waals surface area contributed by atoms with Gasteiger partial charge in [0, 0.05) is 50.1 Å². The highest BCUT2D eigenvalue weighted by Gasteiger charge is 2.10. The number of aryl methyl sites for hydroxylation is 5. The van der Waals surface area contributed by atoms with Gasteiger partial charge in [0.15, 0.2) is 0 Å². The highest BCUT2D eigenvalue weighted by Crippen LogP contribution is 2.27. The van der Waals surface area contributed by atoms with Gasteiger partial charge >= 0.3 is 0 Å². The van der Waals surface area contributed by atoms with Crippen molar-refractivity contribution in [2.24, 2.45) is 0 Å². The Hall–Kier alpha value is -11.5. The van der Waals surface area contributed by atoms with Gasteiger partial charge < -0.3 is 0 Å². The van der Waals surface area contributed by atoms with Crippen LogP contribution in [0.15, 0.2) is 243 Å². The summed E-state index contributed by atoms with van der Waals surface area (Å²) in [5.41, 5.74) is 18.3. The minimum absolute atomic E-state index is 0.0167. The molecule has 96 heavy (non-hydrogen) atoms. The summed E-state index contributed by atoms with van der Waals surface area (Å²) in [6.07, 6.45) is 3.56. The number of halogens is 8. The molecule has 0 N–H and O–H groups in total. The first-order chi connectivity index (χ1) is 46.1. The Balaban J connectivity index is 0.000000150. The van der Waals surface area contributed by atoms with E-state index in [1.807, 2.05) is 153 Å². The van der Waals surface area contributed by atoms with Crippen molar-refractivity contribution in [2.45, 2.75) is 55.4 Å². The Morgan fingerprint density at radius 3 is 0.896 bits per heavy atom. The molecule has 0 amide bonds. The second-order valence-corrected chi connectivity index (χ2v) is 23.2. The lowest BCUT2D eigenvalue weighted by molar-refractivity contribution is 0.567. The van der Waals surface area contributed by atoms with E-state index in [4.69, 9.17) is 0 Å². The smallest absolute Gasteiger partial charge is 0.139 e. The van der Waals surface area contributed by atoms with Gasteiger partial charge in [-0.3, -0.25) is 0 Å². The van der Waals surface area contributed by atoms with Crippen LogP contribution in [0.1, 0.15) is 89.0 Å². The predicted molar refractivity (Wildman–Crippen MR) is 378 cm³/mol. The molecule has 0 aliphatic rings. The van der Waals surface area contributed by atoms with Crippen LogP contribution in [0.25, 0.3) is 56.7 Å². The highest BCUT2D eigenvalue weighted by molar-refractivity contribution is 5.73. The molecule has 12 aromatic rings. The third kappa shape index (κ3) is 19.3. The van der Waals surface area contributed by atoms with E-state index in [0.29, 0.717) is 16.7 Å². The van der Waals surface area contributed by atoms with E-state index in [0.717, 1.165) is 78.9 Å². The zero-order chi connectivity index (χ0) is 68.4. The standard InChI is InChI=1S/C22H15F3.C22H18F2.C22H16F2.C22H17F/c1-14-3-6-17(7-4-14)19-10-9-18(22(25)13-19)8-5-16-11-20(23)15(2)21(24)12-16;2*1-15-3-9-19(10-4-15)20-11-7-17(8-12-20)5-6-18-13-21(23)16(2)22(24)14-18;1-16-3-6-18(7-4-16)8-9-19-10-12-20(13-11-19)21-14-5-17(2)15-22(21)23/h3-4,6-7,9-13H,1-2H3;3-14H,1-2H3;3-4,7-14H,1-2H3;3-7,10-15H,1-2H3. The van der Waals surface area contributed by atoms with Crippen molar-refractivity contribution in [3.05, 3.63) is 378 Å². The van der Waals surface area contributed by atoms with Gasteiger partial charge in [-0.25, -0.2) is 35.1 Å². The van der Waals surface area contributed by atoms with E-state index < -0.39 is 40.7 Å². The van der Waals surface area contributed by atoms with Crippen molar-refractivity contribution in [3.8, 4) is 80.0 Å². The largest absolute Gasteiger partial charge is 0.207 e. The fourth-order valence-corrected chi connectivity index (χ4v) is 9.61. The lowest BCUT2D eigenvalue weighted by atomic mass is 10.0. The van der Waals surface area contributed by atoms with Crippen molar-refractivity contribution in [2.75, 3.05) is 0 Å². The van der Waals surface area contributed by atoms with Crippen LogP contribution in [0.5, 0.6) is 0 Å². The summed E-state index contributed by atoms with van der Waals surface area (Å²) in [4.78, 5) is 0. The van der Waals surface area contributed by atoms with E-state index in [1.165, 1.54) is 73.4 Å². The number of rotatable bonds is 6. The van der Waals surface area contributed by atoms with Gasteiger partial charge in [0.25, 0.3) is 0 Å². The molecule has 0 aliphatic carbocycles. The van der Waals surface area contributed by atoms with Crippen LogP contribution in [-0.2, 0) is 0 Å². The Bertz CT molecular complexity index is 4860. The molecule has 0 fully saturated rings. The minimum atomic E-state index is -0.667. The maximum Gasteiger partial charge on any atom is 0.139 e. The molecule has 0 unspecified atom stereocenters. The van der Waals surface area contributed by atoms with E-state index in [9.17, 15) is 35.1 Å². The van der Waals surface area contributed by atoms with Crippen LogP contribution >= 0.6 is 0 Å². The quantitative estimate of drug-likeness (QED) is 0.0884. The first kappa shape index (κ1) is 68.9. The monoisotopic (exact) mass is 1270 g/mol. The molecule has 8 heteroatoms. The zero-order valence-corrected chi connectivity index (χ0v) is 54.3. The van der Waals surface area contributed by atoms with E-state index in [-0.39, 0.29) is 33.6 Å². The summed E-state index contributed by atoms with van der Waals surface area (Å²) in [7, 11) is 0. The number of hydrogen-bond donors (Lipinski definition) is 0. The van der Waals surface area contributed by atoms with Crippen LogP contribution < -0.4 is 0 Å². The van der Waals surface area contributed by atoms with Gasteiger partial charge in [0.2, 0.25) is 0 Å². The molecule has 0 atom stereocenters. The van der Waals surface area contributed by atoms with Crippen LogP contribution in [0.2, 0.25) is 0 Å². The van der Waals surface area contributed by atoms with Gasteiger partial charge in [-0.2, -0.15) is 0 Å². The number of benzene rings is 12. The lowest BCUT2D eigenvalue weighted by Crippen LogP contribution is -1.91. The van der Waals surface area contributed by atoms with Crippen LogP contribution in [0.4, 0.5) is 35.1 Å². The molecule has 0 spiro atoms. The van der Waals surface area contributed by atoms with Crippen molar-refractivity contribution >= 4 is 12.2 Å². The van der Waals surface area contributed by atoms with Crippen LogP contribution in [0, 0.1) is 137 Å². The van der Waals surface area contributed by atoms with Crippen molar-refractivity contribution in [1.82, 2.24) is 0 Å². The van der Waals surface area contributed by atoms with Gasteiger partial charge in [0.05, 0.1) is 5.56 Å². The Kier molecular flexibility index (Phi) is 23.2. The minimum Gasteiger partial charge on any atom is -0.207 e. The van der Waals surface area contributed by atoms with Gasteiger partial charge in [-0.15, -0.1) is 0 Å². The molecule has 0 aromatic heterocycles. The molecular weight excluding hydrogens is 1210 g/mol. The highest BCUT2D eigenvalue weighted by atomic mass is 19.2. The second-order valence-electron chi connectivity index (χ2n) is 23.2. The summed E-state index contributed by atoms with van der Waals surface area (Å²) in [5.74, 6) is 13.1. The van der Waals surface area contributed by atoms with E-state index in [1.54, 1.807) is 24.3 Å². The molecule has 0 heterocycles. The summed E-state index contributed by atoms with van der Waals surface area (Å²) in [5, 5.41) is 0. The Morgan fingerprint density at radius 2 is 0.500 bits per heavy atom. The number of hydrogen-bond acceptors (Lipinski definition) is 0. The Labute approximate surface area is 558 Å². The lowest BCUT2D eigenvalue weighted by Gasteiger charge is -2.04. The van der Waals surface area contributed by atoms with E-state index >= 15 is 0 Å². The van der Waals surface area contributed by atoms with Gasteiger partial charge in [-0.1, -0.05) is 222 Å². The molecule has 12 rings (SSSR count). The Morgan fingerprint density at radius 1 is 0.208 bits per heavy atom. The molecule has 0 nitrogen and oxygen atoms in total. The maximum atomic E-state index is 14.3. The summed E-state index contributed by atoms with van der Waals surface area (Å²) >= 11 is 0. The van der Waals surface area contributed by atoms with Gasteiger partial charge in [0.1, 0.15) is 46.5 Å². The van der Waals surface area contributed by atoms with Gasteiger partial charge in [-0.05, 0) is 202 Å². The van der Waals surface area contributed by atoms with Crippen LogP contribution in [-0.4, -0.2) is 0 Å². The molecule has 0 aliphatic heterocycles. The molecule has 0 saturated carbocycles. The average Bonchev–Trinajstić information content (AvgIpc) is 3.91. The molecular formula is C88H66F8. The molecule has 474 valence electrons. The summed E-state index contributed by atoms with van der Waals surface area (Å²) < 4.78 is 110. The molecule has 0 radical (unpaired) electrons. The third-order valence-corrected chi connectivity index (χ3v) is 15.7. The summed E-state index contributed by atoms with van der Waals surface area (Å²) in [6.45, 7) is 14.2. The molecule has 0 bridgehead atoms.